The number of aliphatic hydroxyl groups excluding tert-OH is 1. The van der Waals surface area contributed by atoms with Gasteiger partial charge in [0.15, 0.2) is 0 Å². The second-order valence-corrected chi connectivity index (χ2v) is 9.12. The number of β-amino-alcohol motifs (C(OH)–C–C–N with tert-alkyl or cyclic N) is 1. The molecule has 0 amide bonds. The number of nitrogens with zero attached hydrogens (tertiary/aromatic N) is 3. The zero-order valence-corrected chi connectivity index (χ0v) is 18.2. The van der Waals surface area contributed by atoms with Crippen LogP contribution in [0.4, 0.5) is 0 Å². The molecular weight excluding hydrogens is 390 g/mol. The standard InChI is InChI=1S/C25H31N3O3/c1-27-15-20(14-26-27)24-22-5-3-2-4-19(22)6-7-23(24)31-17-21(29)16-28-11-8-25(18-28)9-12-30-13-10-25/h2-7,14-15,21,29H,8-13,16-18H2,1H3. The van der Waals surface area contributed by atoms with E-state index in [1.807, 2.05) is 37.6 Å². The summed E-state index contributed by atoms with van der Waals surface area (Å²) in [6.07, 6.45) is 6.83. The highest BCUT2D eigenvalue weighted by Gasteiger charge is 2.39. The SMILES string of the molecule is Cn1cc(-c2c(OCC(O)CN3CCC4(CCOCC4)C3)ccc3ccccc23)cn1. The molecule has 1 aromatic heterocycles. The summed E-state index contributed by atoms with van der Waals surface area (Å²) in [7, 11) is 1.92. The minimum atomic E-state index is -0.525. The van der Waals surface area contributed by atoms with Crippen LogP contribution in [-0.4, -0.2) is 65.3 Å². The van der Waals surface area contributed by atoms with Gasteiger partial charge in [0, 0.05) is 50.7 Å². The fourth-order valence-electron chi connectivity index (χ4n) is 5.15. The van der Waals surface area contributed by atoms with Crippen molar-refractivity contribution in [1.29, 1.82) is 0 Å². The number of hydrogen-bond acceptors (Lipinski definition) is 5. The third kappa shape index (κ3) is 4.33. The van der Waals surface area contributed by atoms with E-state index in [4.69, 9.17) is 9.47 Å². The molecule has 0 saturated carbocycles. The molecule has 0 aliphatic carbocycles. The number of fused-ring (bicyclic) bond motifs is 1. The molecule has 2 aliphatic heterocycles. The molecule has 2 saturated heterocycles. The van der Waals surface area contributed by atoms with Gasteiger partial charge in [-0.1, -0.05) is 30.3 Å². The fraction of sp³-hybridized carbons (Fsp3) is 0.480. The van der Waals surface area contributed by atoms with Gasteiger partial charge in [0.2, 0.25) is 0 Å². The van der Waals surface area contributed by atoms with Crippen LogP contribution in [0.15, 0.2) is 48.8 Å². The van der Waals surface area contributed by atoms with E-state index in [0.717, 1.165) is 66.8 Å². The first-order valence-corrected chi connectivity index (χ1v) is 11.2. The third-order valence-electron chi connectivity index (χ3n) is 6.86. The van der Waals surface area contributed by atoms with Gasteiger partial charge in [-0.2, -0.15) is 5.10 Å². The Hall–Kier alpha value is -2.41. The maximum Gasteiger partial charge on any atom is 0.128 e. The van der Waals surface area contributed by atoms with Gasteiger partial charge in [-0.3, -0.25) is 4.68 Å². The van der Waals surface area contributed by atoms with E-state index < -0.39 is 6.10 Å². The molecule has 3 aromatic rings. The summed E-state index contributed by atoms with van der Waals surface area (Å²) in [6.45, 7) is 4.78. The molecule has 2 aliphatic rings. The van der Waals surface area contributed by atoms with Crippen LogP contribution in [0.5, 0.6) is 5.75 Å². The molecule has 164 valence electrons. The van der Waals surface area contributed by atoms with E-state index in [2.05, 4.69) is 28.2 Å². The van der Waals surface area contributed by atoms with Crippen LogP contribution in [0.1, 0.15) is 19.3 Å². The van der Waals surface area contributed by atoms with Crippen LogP contribution >= 0.6 is 0 Å². The smallest absolute Gasteiger partial charge is 0.128 e. The zero-order chi connectivity index (χ0) is 21.3. The predicted molar refractivity (Wildman–Crippen MR) is 121 cm³/mol. The van der Waals surface area contributed by atoms with Gasteiger partial charge < -0.3 is 19.5 Å². The van der Waals surface area contributed by atoms with Crippen molar-refractivity contribution in [3.63, 3.8) is 0 Å². The zero-order valence-electron chi connectivity index (χ0n) is 18.2. The van der Waals surface area contributed by atoms with Crippen LogP contribution in [0.2, 0.25) is 0 Å². The largest absolute Gasteiger partial charge is 0.490 e. The van der Waals surface area contributed by atoms with Crippen molar-refractivity contribution in [1.82, 2.24) is 14.7 Å². The maximum atomic E-state index is 10.7. The highest BCUT2D eigenvalue weighted by molar-refractivity contribution is 5.99. The minimum absolute atomic E-state index is 0.276. The van der Waals surface area contributed by atoms with Gasteiger partial charge in [-0.15, -0.1) is 0 Å². The molecule has 5 rings (SSSR count). The lowest BCUT2D eigenvalue weighted by Crippen LogP contribution is -2.37. The molecule has 2 fully saturated rings. The maximum absolute atomic E-state index is 10.7. The molecule has 1 atom stereocenters. The number of rotatable bonds is 6. The van der Waals surface area contributed by atoms with Gasteiger partial charge in [0.05, 0.1) is 6.20 Å². The van der Waals surface area contributed by atoms with Gasteiger partial charge in [0.1, 0.15) is 18.5 Å². The molecule has 1 unspecified atom stereocenters. The van der Waals surface area contributed by atoms with Gasteiger partial charge in [-0.25, -0.2) is 0 Å². The number of hydrogen-bond donors (Lipinski definition) is 1. The number of aromatic nitrogens is 2. The van der Waals surface area contributed by atoms with E-state index >= 15 is 0 Å². The Morgan fingerprint density at radius 1 is 1.16 bits per heavy atom. The van der Waals surface area contributed by atoms with Crippen molar-refractivity contribution in [2.75, 3.05) is 39.5 Å². The quantitative estimate of drug-likeness (QED) is 0.660. The first kappa shape index (κ1) is 20.5. The lowest BCUT2D eigenvalue weighted by atomic mass is 9.80. The fourth-order valence-corrected chi connectivity index (χ4v) is 5.15. The van der Waals surface area contributed by atoms with E-state index in [1.165, 1.54) is 6.42 Å². The molecule has 6 heteroatoms. The average Bonchev–Trinajstić information content (AvgIpc) is 3.38. The highest BCUT2D eigenvalue weighted by atomic mass is 16.5. The second-order valence-electron chi connectivity index (χ2n) is 9.12. The Morgan fingerprint density at radius 2 is 2.00 bits per heavy atom. The topological polar surface area (TPSA) is 59.8 Å². The van der Waals surface area contributed by atoms with E-state index in [-0.39, 0.29) is 6.61 Å². The van der Waals surface area contributed by atoms with E-state index in [1.54, 1.807) is 4.68 Å². The predicted octanol–water partition coefficient (Wildman–Crippen LogP) is 3.48. The summed E-state index contributed by atoms with van der Waals surface area (Å²) in [4.78, 5) is 2.39. The third-order valence-corrected chi connectivity index (χ3v) is 6.86. The monoisotopic (exact) mass is 421 g/mol. The first-order valence-electron chi connectivity index (χ1n) is 11.2. The van der Waals surface area contributed by atoms with Gasteiger partial charge in [-0.05, 0) is 48.1 Å². The Morgan fingerprint density at radius 3 is 2.81 bits per heavy atom. The molecule has 31 heavy (non-hydrogen) atoms. The molecule has 0 radical (unpaired) electrons. The molecule has 1 N–H and O–H groups in total. The van der Waals surface area contributed by atoms with E-state index in [0.29, 0.717) is 12.0 Å². The number of likely N-dealkylation sites (tertiary alicyclic amines) is 1. The van der Waals surface area contributed by atoms with Crippen LogP contribution in [0, 0.1) is 5.41 Å². The summed E-state index contributed by atoms with van der Waals surface area (Å²) in [5.41, 5.74) is 2.44. The van der Waals surface area contributed by atoms with Crippen LogP contribution in [-0.2, 0) is 11.8 Å². The summed E-state index contributed by atoms with van der Waals surface area (Å²) in [5.74, 6) is 0.785. The summed E-state index contributed by atoms with van der Waals surface area (Å²) < 4.78 is 13.5. The Balaban J connectivity index is 1.28. The molecule has 6 nitrogen and oxygen atoms in total. The van der Waals surface area contributed by atoms with Crippen molar-refractivity contribution in [3.8, 4) is 16.9 Å². The van der Waals surface area contributed by atoms with Crippen molar-refractivity contribution in [2.24, 2.45) is 12.5 Å². The Kier molecular flexibility index (Phi) is 5.69. The first-order chi connectivity index (χ1) is 15.1. The normalized spacial score (nSPS) is 19.8. The van der Waals surface area contributed by atoms with E-state index in [9.17, 15) is 5.11 Å². The molecular formula is C25H31N3O3. The van der Waals surface area contributed by atoms with Crippen molar-refractivity contribution < 1.29 is 14.6 Å². The average molecular weight is 422 g/mol. The van der Waals surface area contributed by atoms with Crippen molar-refractivity contribution >= 4 is 10.8 Å². The van der Waals surface area contributed by atoms with Crippen LogP contribution in [0.25, 0.3) is 21.9 Å². The molecule has 1 spiro atoms. The molecule has 0 bridgehead atoms. The van der Waals surface area contributed by atoms with Gasteiger partial charge in [0.25, 0.3) is 0 Å². The second kappa shape index (κ2) is 8.61. The lowest BCUT2D eigenvalue weighted by molar-refractivity contribution is 0.0149. The molecule has 3 heterocycles. The van der Waals surface area contributed by atoms with Crippen LogP contribution < -0.4 is 4.74 Å². The lowest BCUT2D eigenvalue weighted by Gasteiger charge is -2.33. The summed E-state index contributed by atoms with van der Waals surface area (Å²) in [6, 6.07) is 12.4. The minimum Gasteiger partial charge on any atom is -0.490 e. The number of benzene rings is 2. The van der Waals surface area contributed by atoms with Crippen molar-refractivity contribution in [2.45, 2.75) is 25.4 Å². The Labute approximate surface area is 183 Å². The highest BCUT2D eigenvalue weighted by Crippen LogP contribution is 2.40. The van der Waals surface area contributed by atoms with Crippen LogP contribution in [0.3, 0.4) is 0 Å². The number of aryl methyl sites for hydroxylation is 1. The van der Waals surface area contributed by atoms with Crippen molar-refractivity contribution in [3.05, 3.63) is 48.8 Å². The summed E-state index contributed by atoms with van der Waals surface area (Å²) in [5, 5.41) is 17.4. The molecule has 2 aromatic carbocycles. The summed E-state index contributed by atoms with van der Waals surface area (Å²) >= 11 is 0. The number of aliphatic hydroxyl groups is 1. The number of ether oxygens (including phenoxy) is 2. The Bertz CT molecular complexity index is 1040. The van der Waals surface area contributed by atoms with Gasteiger partial charge >= 0.3 is 0 Å².